The van der Waals surface area contributed by atoms with E-state index in [0.717, 1.165) is 22.5 Å². The number of carboxylic acids is 1. The Bertz CT molecular complexity index is 993. The fourth-order valence-electron chi connectivity index (χ4n) is 2.74. The molecule has 0 atom stereocenters. The number of nitrogens with one attached hydrogen (secondary N) is 1. The summed E-state index contributed by atoms with van der Waals surface area (Å²) in [4.78, 5) is 24.2. The van der Waals surface area contributed by atoms with Gasteiger partial charge in [-0.25, -0.2) is 9.18 Å². The van der Waals surface area contributed by atoms with Crippen LogP contribution >= 0.6 is 11.3 Å². The van der Waals surface area contributed by atoms with Gasteiger partial charge in [-0.1, -0.05) is 50.2 Å². The van der Waals surface area contributed by atoms with Gasteiger partial charge in [-0.15, -0.1) is 11.3 Å². The zero-order valence-corrected chi connectivity index (χ0v) is 15.6. The van der Waals surface area contributed by atoms with Crippen molar-refractivity contribution in [2.45, 2.75) is 19.8 Å². The summed E-state index contributed by atoms with van der Waals surface area (Å²) in [5.41, 5.74) is 2.29. The molecule has 0 aliphatic rings. The van der Waals surface area contributed by atoms with Gasteiger partial charge in [0.15, 0.2) is 0 Å². The molecule has 2 N–H and O–H groups in total. The van der Waals surface area contributed by atoms with Crippen LogP contribution in [0.5, 0.6) is 0 Å². The van der Waals surface area contributed by atoms with Crippen molar-refractivity contribution in [1.29, 1.82) is 0 Å². The first-order valence-electron chi connectivity index (χ1n) is 8.39. The Kier molecular flexibility index (Phi) is 5.37. The van der Waals surface area contributed by atoms with Crippen molar-refractivity contribution in [3.05, 3.63) is 76.4 Å². The topological polar surface area (TPSA) is 66.4 Å². The van der Waals surface area contributed by atoms with E-state index in [9.17, 15) is 19.1 Å². The number of carboxylic acid groups (broad SMARTS) is 1. The maximum Gasteiger partial charge on any atom is 0.339 e. The second-order valence-corrected chi connectivity index (χ2v) is 7.25. The largest absolute Gasteiger partial charge is 0.478 e. The Morgan fingerprint density at radius 3 is 2.33 bits per heavy atom. The van der Waals surface area contributed by atoms with Crippen LogP contribution in [0, 0.1) is 5.82 Å². The number of thiophene rings is 1. The normalized spacial score (nSPS) is 10.8. The Hall–Kier alpha value is -2.99. The molecule has 27 heavy (non-hydrogen) atoms. The molecule has 0 saturated heterocycles. The van der Waals surface area contributed by atoms with Crippen molar-refractivity contribution < 1.29 is 19.1 Å². The second-order valence-electron chi connectivity index (χ2n) is 6.37. The predicted octanol–water partition coefficient (Wildman–Crippen LogP) is 5.63. The molecule has 0 fully saturated rings. The summed E-state index contributed by atoms with van der Waals surface area (Å²) < 4.78 is 13.8. The van der Waals surface area contributed by atoms with Crippen LogP contribution in [0.2, 0.25) is 0 Å². The first kappa shape index (κ1) is 18.8. The molecule has 0 unspecified atom stereocenters. The van der Waals surface area contributed by atoms with E-state index in [0.29, 0.717) is 11.5 Å². The highest BCUT2D eigenvalue weighted by Gasteiger charge is 2.22. The minimum absolute atomic E-state index is 0.00184. The Morgan fingerprint density at radius 2 is 1.74 bits per heavy atom. The number of halogens is 1. The quantitative estimate of drug-likeness (QED) is 0.600. The minimum atomic E-state index is -1.15. The maximum absolute atomic E-state index is 13.8. The van der Waals surface area contributed by atoms with Gasteiger partial charge in [0.2, 0.25) is 0 Å². The van der Waals surface area contributed by atoms with Gasteiger partial charge in [-0.3, -0.25) is 4.79 Å². The first-order chi connectivity index (χ1) is 12.9. The highest BCUT2D eigenvalue weighted by atomic mass is 32.1. The van der Waals surface area contributed by atoms with Crippen LogP contribution < -0.4 is 5.32 Å². The third kappa shape index (κ3) is 3.90. The van der Waals surface area contributed by atoms with Crippen LogP contribution in [0.1, 0.15) is 46.0 Å². The molecule has 1 heterocycles. The SMILES string of the molecule is CC(C)c1ccc(-c2csc(NC(=O)c3ccccc3F)c2C(=O)O)cc1. The van der Waals surface area contributed by atoms with Crippen molar-refractivity contribution in [2.75, 3.05) is 5.32 Å². The number of hydrogen-bond donors (Lipinski definition) is 2. The number of amides is 1. The molecule has 0 bridgehead atoms. The number of aromatic carboxylic acids is 1. The van der Waals surface area contributed by atoms with Crippen LogP contribution in [-0.2, 0) is 0 Å². The molecule has 0 radical (unpaired) electrons. The van der Waals surface area contributed by atoms with E-state index in [2.05, 4.69) is 19.2 Å². The van der Waals surface area contributed by atoms with Crippen LogP contribution in [0.4, 0.5) is 9.39 Å². The molecule has 3 rings (SSSR count). The van der Waals surface area contributed by atoms with E-state index in [1.807, 2.05) is 24.3 Å². The van der Waals surface area contributed by atoms with Gasteiger partial charge >= 0.3 is 5.97 Å². The Morgan fingerprint density at radius 1 is 1.07 bits per heavy atom. The Labute approximate surface area is 160 Å². The summed E-state index contributed by atoms with van der Waals surface area (Å²) >= 11 is 1.10. The standard InChI is InChI=1S/C21H18FNO3S/c1-12(2)13-7-9-14(10-8-13)16-11-27-20(18(16)21(25)26)23-19(24)15-5-3-4-6-17(15)22/h3-12H,1-2H3,(H,23,24)(H,25,26). The van der Waals surface area contributed by atoms with E-state index in [1.165, 1.54) is 18.2 Å². The van der Waals surface area contributed by atoms with Gasteiger partial charge in [0.25, 0.3) is 5.91 Å². The highest BCUT2D eigenvalue weighted by molar-refractivity contribution is 7.15. The molecule has 0 spiro atoms. The van der Waals surface area contributed by atoms with Crippen molar-refractivity contribution in [1.82, 2.24) is 0 Å². The molecule has 2 aromatic carbocycles. The summed E-state index contributed by atoms with van der Waals surface area (Å²) in [5.74, 6) is -2.12. The lowest BCUT2D eigenvalue weighted by atomic mass is 9.98. The second kappa shape index (κ2) is 7.72. The maximum atomic E-state index is 13.8. The lowest BCUT2D eigenvalue weighted by Crippen LogP contribution is -2.15. The lowest BCUT2D eigenvalue weighted by Gasteiger charge is -2.08. The highest BCUT2D eigenvalue weighted by Crippen LogP contribution is 2.36. The molecule has 138 valence electrons. The van der Waals surface area contributed by atoms with Gasteiger partial charge in [0.1, 0.15) is 16.4 Å². The summed E-state index contributed by atoms with van der Waals surface area (Å²) in [5, 5.41) is 14.1. The van der Waals surface area contributed by atoms with Crippen molar-refractivity contribution in [3.63, 3.8) is 0 Å². The fraction of sp³-hybridized carbons (Fsp3) is 0.143. The average molecular weight is 383 g/mol. The number of carbonyl (C=O) groups excluding carboxylic acids is 1. The molecule has 3 aromatic rings. The monoisotopic (exact) mass is 383 g/mol. The van der Waals surface area contributed by atoms with Crippen LogP contribution in [0.15, 0.2) is 53.9 Å². The number of carbonyl (C=O) groups is 2. The van der Waals surface area contributed by atoms with Crippen molar-refractivity contribution >= 4 is 28.2 Å². The molecular formula is C21H18FNO3S. The summed E-state index contributed by atoms with van der Waals surface area (Å²) in [7, 11) is 0. The predicted molar refractivity (Wildman–Crippen MR) is 105 cm³/mol. The fourth-order valence-corrected chi connectivity index (χ4v) is 3.69. The summed E-state index contributed by atoms with van der Waals surface area (Å²) in [6, 6.07) is 13.2. The minimum Gasteiger partial charge on any atom is -0.478 e. The van der Waals surface area contributed by atoms with Crippen molar-refractivity contribution in [3.8, 4) is 11.1 Å². The average Bonchev–Trinajstić information content (AvgIpc) is 3.05. The zero-order chi connectivity index (χ0) is 19.6. The lowest BCUT2D eigenvalue weighted by molar-refractivity contribution is 0.0699. The summed E-state index contributed by atoms with van der Waals surface area (Å²) in [6.45, 7) is 4.16. The molecule has 6 heteroatoms. The first-order valence-corrected chi connectivity index (χ1v) is 9.27. The smallest absolute Gasteiger partial charge is 0.339 e. The number of anilines is 1. The molecule has 0 aliphatic heterocycles. The number of rotatable bonds is 5. The molecule has 0 aliphatic carbocycles. The van der Waals surface area contributed by atoms with E-state index in [4.69, 9.17) is 0 Å². The van der Waals surface area contributed by atoms with Gasteiger partial charge in [0.05, 0.1) is 5.56 Å². The summed E-state index contributed by atoms with van der Waals surface area (Å²) in [6.07, 6.45) is 0. The van der Waals surface area contributed by atoms with E-state index in [-0.39, 0.29) is 16.1 Å². The molecule has 0 saturated carbocycles. The van der Waals surface area contributed by atoms with E-state index >= 15 is 0 Å². The zero-order valence-electron chi connectivity index (χ0n) is 14.8. The van der Waals surface area contributed by atoms with Crippen molar-refractivity contribution in [2.24, 2.45) is 0 Å². The molecular weight excluding hydrogens is 365 g/mol. The van der Waals surface area contributed by atoms with E-state index in [1.54, 1.807) is 11.4 Å². The third-order valence-corrected chi connectivity index (χ3v) is 5.13. The Balaban J connectivity index is 1.95. The number of hydrogen-bond acceptors (Lipinski definition) is 3. The van der Waals surface area contributed by atoms with Crippen LogP contribution in [-0.4, -0.2) is 17.0 Å². The van der Waals surface area contributed by atoms with E-state index < -0.39 is 17.7 Å². The molecule has 4 nitrogen and oxygen atoms in total. The van der Waals surface area contributed by atoms with Gasteiger partial charge in [-0.05, 0) is 29.2 Å². The third-order valence-electron chi connectivity index (χ3n) is 4.24. The molecule has 1 amide bonds. The van der Waals surface area contributed by atoms with Gasteiger partial charge in [0, 0.05) is 10.9 Å². The van der Waals surface area contributed by atoms with Crippen LogP contribution in [0.3, 0.4) is 0 Å². The molecule has 1 aromatic heterocycles. The number of benzene rings is 2. The van der Waals surface area contributed by atoms with Crippen LogP contribution in [0.25, 0.3) is 11.1 Å². The van der Waals surface area contributed by atoms with Gasteiger partial charge in [-0.2, -0.15) is 0 Å². The van der Waals surface area contributed by atoms with Gasteiger partial charge < -0.3 is 10.4 Å².